The van der Waals surface area contributed by atoms with Gasteiger partial charge in [-0.2, -0.15) is 0 Å². The summed E-state index contributed by atoms with van der Waals surface area (Å²) in [5.41, 5.74) is 2.26. The van der Waals surface area contributed by atoms with Gasteiger partial charge in [0.1, 0.15) is 5.75 Å². The van der Waals surface area contributed by atoms with Gasteiger partial charge in [-0.15, -0.1) is 0 Å². The summed E-state index contributed by atoms with van der Waals surface area (Å²) in [6.07, 6.45) is 8.45. The number of fused-ring (bicyclic) bond motifs is 3. The molecule has 0 spiro atoms. The van der Waals surface area contributed by atoms with Crippen LogP contribution in [0.5, 0.6) is 5.75 Å². The highest BCUT2D eigenvalue weighted by Crippen LogP contribution is 2.63. The van der Waals surface area contributed by atoms with Gasteiger partial charge in [0.25, 0.3) is 0 Å². The molecule has 120 valence electrons. The minimum absolute atomic E-state index is 0.0920. The van der Waals surface area contributed by atoms with Gasteiger partial charge in [-0.3, -0.25) is 4.98 Å². The summed E-state index contributed by atoms with van der Waals surface area (Å²) in [7, 11) is 0. The Morgan fingerprint density at radius 1 is 1.30 bits per heavy atom. The fourth-order valence-electron chi connectivity index (χ4n) is 5.68. The van der Waals surface area contributed by atoms with Crippen LogP contribution in [-0.2, 0) is 4.74 Å². The van der Waals surface area contributed by atoms with Crippen LogP contribution in [0.15, 0.2) is 30.5 Å². The predicted molar refractivity (Wildman–Crippen MR) is 89.2 cm³/mol. The van der Waals surface area contributed by atoms with E-state index >= 15 is 0 Å². The molecular weight excluding hydrogens is 286 g/mol. The van der Waals surface area contributed by atoms with Crippen molar-refractivity contribution < 1.29 is 9.84 Å². The molecule has 7 rings (SSSR count). The molecule has 0 amide bonds. The third-order valence-electron chi connectivity index (χ3n) is 6.81. The Morgan fingerprint density at radius 2 is 2.22 bits per heavy atom. The van der Waals surface area contributed by atoms with Gasteiger partial charge in [-0.25, -0.2) is 0 Å². The van der Waals surface area contributed by atoms with Crippen LogP contribution in [0.3, 0.4) is 0 Å². The number of nitrogens with zero attached hydrogens (tertiary/aromatic N) is 1. The van der Waals surface area contributed by atoms with Crippen LogP contribution in [0, 0.1) is 17.8 Å². The molecule has 4 unspecified atom stereocenters. The standard InChI is InChI=1S/C20H23NO2/c1-2-20-11-12-3-4-13(20)9-16(12)19(23-20)15-7-8-21-18-6-5-14(22)10-17(15)18/h5-8,10,12-13,16,19,22H,2-4,9,11H2,1H3/t12?,13?,16?,19-,20?/m0/s1. The highest BCUT2D eigenvalue weighted by Gasteiger charge is 2.59. The maximum Gasteiger partial charge on any atom is 0.116 e. The average Bonchev–Trinajstić information content (AvgIpc) is 2.61. The quantitative estimate of drug-likeness (QED) is 0.881. The van der Waals surface area contributed by atoms with E-state index in [0.717, 1.165) is 29.2 Å². The summed E-state index contributed by atoms with van der Waals surface area (Å²) in [6.45, 7) is 2.29. The van der Waals surface area contributed by atoms with E-state index in [1.54, 1.807) is 6.07 Å². The molecular formula is C20H23NO2. The minimum Gasteiger partial charge on any atom is -0.508 e. The van der Waals surface area contributed by atoms with Crippen molar-refractivity contribution in [3.63, 3.8) is 0 Å². The first-order chi connectivity index (χ1) is 11.2. The molecule has 1 aromatic heterocycles. The number of aromatic hydroxyl groups is 1. The molecule has 5 aliphatic rings. The van der Waals surface area contributed by atoms with Gasteiger partial charge in [-0.1, -0.05) is 6.92 Å². The number of rotatable bonds is 2. The van der Waals surface area contributed by atoms with E-state index in [-0.39, 0.29) is 11.7 Å². The number of phenols is 1. The van der Waals surface area contributed by atoms with Gasteiger partial charge in [0, 0.05) is 11.6 Å². The number of ether oxygens (including phenoxy) is 1. The Labute approximate surface area is 136 Å². The number of pyridine rings is 1. The zero-order valence-electron chi connectivity index (χ0n) is 13.5. The van der Waals surface area contributed by atoms with E-state index < -0.39 is 0 Å². The molecule has 5 atom stereocenters. The highest BCUT2D eigenvalue weighted by atomic mass is 16.5. The van der Waals surface area contributed by atoms with Crippen LogP contribution in [0.1, 0.15) is 50.7 Å². The number of benzene rings is 1. The van der Waals surface area contributed by atoms with Crippen LogP contribution in [0.2, 0.25) is 0 Å². The molecule has 23 heavy (non-hydrogen) atoms. The van der Waals surface area contributed by atoms with E-state index in [9.17, 15) is 5.11 Å². The molecule has 2 aromatic rings. The summed E-state index contributed by atoms with van der Waals surface area (Å²) >= 11 is 0. The summed E-state index contributed by atoms with van der Waals surface area (Å²) < 4.78 is 6.78. The highest BCUT2D eigenvalue weighted by molar-refractivity contribution is 5.83. The Kier molecular flexibility index (Phi) is 2.82. The summed E-state index contributed by atoms with van der Waals surface area (Å²) in [5.74, 6) is 2.49. The normalized spacial score (nSPS) is 38.3. The second-order valence-electron chi connectivity index (χ2n) is 7.70. The van der Waals surface area contributed by atoms with Crippen molar-refractivity contribution in [2.24, 2.45) is 17.8 Å². The molecule has 3 heterocycles. The third kappa shape index (κ3) is 1.83. The van der Waals surface area contributed by atoms with Crippen LogP contribution < -0.4 is 0 Å². The minimum atomic E-state index is 0.0920. The van der Waals surface area contributed by atoms with Gasteiger partial charge in [0.15, 0.2) is 0 Å². The van der Waals surface area contributed by atoms with Crippen LogP contribution in [0.25, 0.3) is 10.9 Å². The molecule has 3 aliphatic carbocycles. The maximum atomic E-state index is 9.92. The van der Waals surface area contributed by atoms with Gasteiger partial charge >= 0.3 is 0 Å². The smallest absolute Gasteiger partial charge is 0.116 e. The summed E-state index contributed by atoms with van der Waals surface area (Å²) in [5, 5.41) is 11.0. The lowest BCUT2D eigenvalue weighted by atomic mass is 9.53. The second kappa shape index (κ2) is 4.70. The number of hydrogen-bond donors (Lipinski definition) is 1. The van der Waals surface area contributed by atoms with Crippen molar-refractivity contribution in [3.05, 3.63) is 36.0 Å². The number of aromatic nitrogens is 1. The molecule has 4 bridgehead atoms. The molecule has 1 aromatic carbocycles. The van der Waals surface area contributed by atoms with Crippen molar-refractivity contribution in [3.8, 4) is 5.75 Å². The second-order valence-corrected chi connectivity index (χ2v) is 7.70. The molecule has 1 N–H and O–H groups in total. The van der Waals surface area contributed by atoms with Crippen molar-refractivity contribution in [1.82, 2.24) is 4.98 Å². The van der Waals surface area contributed by atoms with Gasteiger partial charge in [-0.05, 0) is 79.7 Å². The fraction of sp³-hybridized carbons (Fsp3) is 0.550. The zero-order chi connectivity index (χ0) is 15.6. The Bertz CT molecular complexity index is 773. The predicted octanol–water partition coefficient (Wildman–Crippen LogP) is 4.60. The van der Waals surface area contributed by atoms with Crippen LogP contribution >= 0.6 is 0 Å². The first-order valence-corrected chi connectivity index (χ1v) is 8.95. The van der Waals surface area contributed by atoms with E-state index in [1.165, 1.54) is 31.2 Å². The van der Waals surface area contributed by atoms with E-state index in [0.29, 0.717) is 11.7 Å². The van der Waals surface area contributed by atoms with E-state index in [4.69, 9.17) is 4.74 Å². The molecule has 2 saturated heterocycles. The lowest BCUT2D eigenvalue weighted by Gasteiger charge is -2.62. The zero-order valence-corrected chi connectivity index (χ0v) is 13.5. The Hall–Kier alpha value is -1.61. The van der Waals surface area contributed by atoms with Gasteiger partial charge in [0.05, 0.1) is 17.2 Å². The van der Waals surface area contributed by atoms with Crippen molar-refractivity contribution in [1.29, 1.82) is 0 Å². The average molecular weight is 309 g/mol. The van der Waals surface area contributed by atoms with Crippen molar-refractivity contribution in [2.45, 2.75) is 50.7 Å². The van der Waals surface area contributed by atoms with Gasteiger partial charge in [0.2, 0.25) is 0 Å². The third-order valence-corrected chi connectivity index (χ3v) is 6.81. The molecule has 3 heteroatoms. The van der Waals surface area contributed by atoms with E-state index in [1.807, 2.05) is 18.3 Å². The fourth-order valence-corrected chi connectivity index (χ4v) is 5.68. The number of phenolic OH excluding ortho intramolecular Hbond substituents is 1. The molecule has 2 aliphatic heterocycles. The molecule has 3 nitrogen and oxygen atoms in total. The largest absolute Gasteiger partial charge is 0.508 e. The lowest BCUT2D eigenvalue weighted by Crippen LogP contribution is -2.59. The van der Waals surface area contributed by atoms with Crippen LogP contribution in [0.4, 0.5) is 0 Å². The number of hydrogen-bond acceptors (Lipinski definition) is 3. The molecule has 5 fully saturated rings. The van der Waals surface area contributed by atoms with Crippen LogP contribution in [-0.4, -0.2) is 15.7 Å². The Morgan fingerprint density at radius 3 is 3.00 bits per heavy atom. The molecule has 0 radical (unpaired) electrons. The first-order valence-electron chi connectivity index (χ1n) is 8.95. The SMILES string of the molecule is CCC12CC3CCC1CC3[C@H](c1ccnc3ccc(O)cc13)O2. The summed E-state index contributed by atoms with van der Waals surface area (Å²) in [4.78, 5) is 4.46. The van der Waals surface area contributed by atoms with Gasteiger partial charge < -0.3 is 9.84 Å². The topological polar surface area (TPSA) is 42.4 Å². The summed E-state index contributed by atoms with van der Waals surface area (Å²) in [6, 6.07) is 7.56. The first kappa shape index (κ1) is 13.8. The molecule has 3 saturated carbocycles. The van der Waals surface area contributed by atoms with Crippen molar-refractivity contribution >= 4 is 10.9 Å². The Balaban J connectivity index is 1.64. The lowest BCUT2D eigenvalue weighted by molar-refractivity contribution is -0.271. The maximum absolute atomic E-state index is 9.92. The van der Waals surface area contributed by atoms with Crippen molar-refractivity contribution in [2.75, 3.05) is 0 Å². The monoisotopic (exact) mass is 309 g/mol. The van der Waals surface area contributed by atoms with E-state index in [2.05, 4.69) is 18.0 Å².